The Kier molecular flexibility index (Phi) is 6.48. The first-order valence-corrected chi connectivity index (χ1v) is 11.3. The van der Waals surface area contributed by atoms with Gasteiger partial charge in [0.15, 0.2) is 5.84 Å². The largest absolute Gasteiger partial charge is 0.339 e. The van der Waals surface area contributed by atoms with Crippen LogP contribution in [0.3, 0.4) is 0 Å². The van der Waals surface area contributed by atoms with Gasteiger partial charge in [-0.05, 0) is 48.5 Å². The second-order valence-electron chi connectivity index (χ2n) is 6.80. The van der Waals surface area contributed by atoms with Crippen LogP contribution in [0.4, 0.5) is 17.1 Å². The van der Waals surface area contributed by atoms with Gasteiger partial charge in [0.1, 0.15) is 0 Å². The number of benzene rings is 4. The van der Waals surface area contributed by atoms with Crippen molar-refractivity contribution in [2.75, 3.05) is 5.32 Å². The molecular weight excluding hydrogens is 420 g/mol. The van der Waals surface area contributed by atoms with E-state index in [1.165, 1.54) is 12.1 Å². The van der Waals surface area contributed by atoms with Crippen molar-refractivity contribution in [1.29, 1.82) is 0 Å². The molecule has 0 bridgehead atoms. The molecule has 0 spiro atoms. The van der Waals surface area contributed by atoms with Gasteiger partial charge in [-0.25, -0.2) is 0 Å². The molecule has 0 radical (unpaired) electrons. The second-order valence-corrected chi connectivity index (χ2v) is 8.41. The maximum absolute atomic E-state index is 12.8. The summed E-state index contributed by atoms with van der Waals surface area (Å²) in [4.78, 5) is 0.131. The Bertz CT molecular complexity index is 1320. The summed E-state index contributed by atoms with van der Waals surface area (Å²) in [7, 11) is -3.88. The molecule has 4 aromatic carbocycles. The normalized spacial score (nSPS) is 12.1. The van der Waals surface area contributed by atoms with Crippen molar-refractivity contribution < 1.29 is 8.42 Å². The first-order chi connectivity index (χ1) is 15.6. The molecule has 0 saturated carbocycles. The molecule has 4 aromatic rings. The maximum atomic E-state index is 12.8. The van der Waals surface area contributed by atoms with Crippen LogP contribution in [0, 0.1) is 0 Å². The number of hydrogen-bond acceptors (Lipinski definition) is 4. The van der Waals surface area contributed by atoms with Gasteiger partial charge in [-0.3, -0.25) is 0 Å². The summed E-state index contributed by atoms with van der Waals surface area (Å²) in [6.45, 7) is 0. The SMILES string of the molecule is O=S(=O)(/N=C(/Nc1ccc(N=Nc2ccccc2)cc1)c1ccccc1)c1ccccc1. The van der Waals surface area contributed by atoms with Crippen LogP contribution in [0.5, 0.6) is 0 Å². The summed E-state index contributed by atoms with van der Waals surface area (Å²) in [5.74, 6) is 0.230. The van der Waals surface area contributed by atoms with Crippen LogP contribution in [-0.4, -0.2) is 14.3 Å². The quantitative estimate of drug-likeness (QED) is 0.215. The number of hydrogen-bond donors (Lipinski definition) is 1. The zero-order valence-electron chi connectivity index (χ0n) is 17.0. The molecule has 32 heavy (non-hydrogen) atoms. The Hall–Kier alpha value is -4.10. The zero-order valence-corrected chi connectivity index (χ0v) is 17.9. The fraction of sp³-hybridized carbons (Fsp3) is 0. The molecule has 0 heterocycles. The number of azo groups is 1. The second kappa shape index (κ2) is 9.80. The van der Waals surface area contributed by atoms with Gasteiger partial charge >= 0.3 is 0 Å². The average Bonchev–Trinajstić information content (AvgIpc) is 2.85. The maximum Gasteiger partial charge on any atom is 0.284 e. The van der Waals surface area contributed by atoms with Gasteiger partial charge in [0.25, 0.3) is 10.0 Å². The van der Waals surface area contributed by atoms with Gasteiger partial charge in [0.05, 0.1) is 16.3 Å². The lowest BCUT2D eigenvalue weighted by Crippen LogP contribution is -2.16. The molecule has 0 atom stereocenters. The minimum Gasteiger partial charge on any atom is -0.339 e. The molecule has 0 unspecified atom stereocenters. The van der Waals surface area contributed by atoms with E-state index in [4.69, 9.17) is 0 Å². The van der Waals surface area contributed by atoms with Gasteiger partial charge < -0.3 is 5.32 Å². The summed E-state index contributed by atoms with van der Waals surface area (Å²) < 4.78 is 29.7. The van der Waals surface area contributed by atoms with Crippen LogP contribution in [0.15, 0.2) is 135 Å². The van der Waals surface area contributed by atoms with Gasteiger partial charge in [-0.15, -0.1) is 4.40 Å². The predicted molar refractivity (Wildman–Crippen MR) is 127 cm³/mol. The third-order valence-corrected chi connectivity index (χ3v) is 5.76. The lowest BCUT2D eigenvalue weighted by molar-refractivity contribution is 0.598. The monoisotopic (exact) mass is 440 g/mol. The molecule has 0 amide bonds. The molecule has 1 N–H and O–H groups in total. The van der Waals surface area contributed by atoms with Gasteiger partial charge in [0, 0.05) is 11.3 Å². The molecule has 0 aliphatic heterocycles. The van der Waals surface area contributed by atoms with Gasteiger partial charge in [-0.1, -0.05) is 66.7 Å². The summed E-state index contributed by atoms with van der Waals surface area (Å²) in [6, 6.07) is 33.9. The van der Waals surface area contributed by atoms with E-state index in [0.717, 1.165) is 5.69 Å². The molecule has 0 saturated heterocycles. The molecular formula is C25H20N4O2S. The number of nitrogens with zero attached hydrogens (tertiary/aromatic N) is 3. The highest BCUT2D eigenvalue weighted by Gasteiger charge is 2.15. The van der Waals surface area contributed by atoms with E-state index in [2.05, 4.69) is 19.9 Å². The van der Waals surface area contributed by atoms with E-state index < -0.39 is 10.0 Å². The van der Waals surface area contributed by atoms with E-state index in [1.807, 2.05) is 48.5 Å². The third-order valence-electron chi connectivity index (χ3n) is 4.47. The first kappa shape index (κ1) is 21.1. The molecule has 0 aliphatic carbocycles. The lowest BCUT2D eigenvalue weighted by Gasteiger charge is -2.11. The van der Waals surface area contributed by atoms with Gasteiger partial charge in [0.2, 0.25) is 0 Å². The summed E-state index contributed by atoms with van der Waals surface area (Å²) in [6.07, 6.45) is 0. The highest BCUT2D eigenvalue weighted by Crippen LogP contribution is 2.21. The van der Waals surface area contributed by atoms with Crippen LogP contribution in [0.2, 0.25) is 0 Å². The highest BCUT2D eigenvalue weighted by atomic mass is 32.2. The summed E-state index contributed by atoms with van der Waals surface area (Å²) >= 11 is 0. The molecule has 6 nitrogen and oxygen atoms in total. The standard InChI is InChI=1S/C25H20N4O2S/c30-32(31,24-14-8-3-9-15-24)29-25(20-10-4-1-5-11-20)26-21-16-18-23(19-17-21)28-27-22-12-6-2-7-13-22/h1-19H,(H,26,29). The minimum absolute atomic E-state index is 0.131. The molecule has 0 aliphatic rings. The van der Waals surface area contributed by atoms with Crippen molar-refractivity contribution >= 4 is 32.9 Å². The van der Waals surface area contributed by atoms with Crippen LogP contribution in [0.25, 0.3) is 0 Å². The Labute approximate surface area is 187 Å². The fourth-order valence-electron chi connectivity index (χ4n) is 2.87. The zero-order chi connectivity index (χ0) is 22.2. The van der Waals surface area contributed by atoms with Crippen LogP contribution in [-0.2, 0) is 10.0 Å². The Morgan fingerprint density at radius 1 is 0.594 bits per heavy atom. The van der Waals surface area contributed by atoms with Crippen molar-refractivity contribution in [3.63, 3.8) is 0 Å². The van der Waals surface area contributed by atoms with Crippen LogP contribution < -0.4 is 5.32 Å². The van der Waals surface area contributed by atoms with Crippen molar-refractivity contribution in [2.24, 2.45) is 14.6 Å². The Morgan fingerprint density at radius 2 is 1.09 bits per heavy atom. The van der Waals surface area contributed by atoms with Crippen LogP contribution >= 0.6 is 0 Å². The summed E-state index contributed by atoms with van der Waals surface area (Å²) in [5, 5.41) is 11.5. The topological polar surface area (TPSA) is 83.2 Å². The van der Waals surface area contributed by atoms with Crippen molar-refractivity contribution in [1.82, 2.24) is 0 Å². The molecule has 0 fully saturated rings. The Balaban J connectivity index is 1.60. The van der Waals surface area contributed by atoms with Crippen molar-refractivity contribution in [3.05, 3.63) is 121 Å². The number of amidine groups is 1. The number of anilines is 1. The van der Waals surface area contributed by atoms with E-state index >= 15 is 0 Å². The number of nitrogens with one attached hydrogen (secondary N) is 1. The molecule has 4 rings (SSSR count). The number of rotatable bonds is 6. The van der Waals surface area contributed by atoms with Gasteiger partial charge in [-0.2, -0.15) is 18.6 Å². The lowest BCUT2D eigenvalue weighted by atomic mass is 10.2. The number of sulfonamides is 1. The molecule has 158 valence electrons. The van der Waals surface area contributed by atoms with Crippen LogP contribution in [0.1, 0.15) is 5.56 Å². The summed E-state index contributed by atoms with van der Waals surface area (Å²) in [5.41, 5.74) is 2.77. The molecule has 0 aromatic heterocycles. The predicted octanol–water partition coefficient (Wildman–Crippen LogP) is 6.35. The third kappa shape index (κ3) is 5.53. The Morgan fingerprint density at radius 3 is 1.69 bits per heavy atom. The van der Waals surface area contributed by atoms with Crippen molar-refractivity contribution in [2.45, 2.75) is 4.90 Å². The highest BCUT2D eigenvalue weighted by molar-refractivity contribution is 7.90. The van der Waals surface area contributed by atoms with E-state index in [-0.39, 0.29) is 10.7 Å². The first-order valence-electron chi connectivity index (χ1n) is 9.89. The minimum atomic E-state index is -3.88. The van der Waals surface area contributed by atoms with E-state index in [0.29, 0.717) is 16.9 Å². The molecule has 7 heteroatoms. The smallest absolute Gasteiger partial charge is 0.284 e. The fourth-order valence-corrected chi connectivity index (χ4v) is 3.87. The van der Waals surface area contributed by atoms with E-state index in [9.17, 15) is 8.42 Å². The average molecular weight is 441 g/mol. The van der Waals surface area contributed by atoms with E-state index in [1.54, 1.807) is 54.6 Å². The van der Waals surface area contributed by atoms with Crippen molar-refractivity contribution in [3.8, 4) is 0 Å².